The quantitative estimate of drug-likeness (QED) is 0.515. The van der Waals surface area contributed by atoms with Gasteiger partial charge in [0.25, 0.3) is 0 Å². The number of rotatable bonds is 0. The van der Waals surface area contributed by atoms with Crippen LogP contribution in [0.2, 0.25) is 0 Å². The van der Waals surface area contributed by atoms with E-state index in [1.54, 1.807) is 0 Å². The summed E-state index contributed by atoms with van der Waals surface area (Å²) in [6.45, 7) is 0. The first kappa shape index (κ1) is 47.8. The van der Waals surface area contributed by atoms with E-state index in [9.17, 15) is 0 Å². The fraction of sp³-hybridized carbons (Fsp3) is 0. The molecule has 0 aliphatic heterocycles. The van der Waals surface area contributed by atoms with Crippen LogP contribution in [-0.2, 0) is 51.2 Å². The van der Waals surface area contributed by atoms with Gasteiger partial charge in [0.2, 0.25) is 0 Å². The Kier molecular flexibility index (Phi) is 287. The maximum absolute atomic E-state index is 0. The van der Waals surface area contributed by atoms with Crippen LogP contribution in [0.5, 0.6) is 0 Å². The topological polar surface area (TPSA) is 0 Å². The molecule has 3 radical (unpaired) electrons. The van der Waals surface area contributed by atoms with Crippen LogP contribution in [0.15, 0.2) is 0 Å². The van der Waals surface area contributed by atoms with E-state index >= 15 is 0 Å². The summed E-state index contributed by atoms with van der Waals surface area (Å²) in [5.74, 6) is 0. The van der Waals surface area contributed by atoms with Crippen molar-refractivity contribution < 1.29 is 51.2 Å². The Hall–Kier alpha value is 2.68. The van der Waals surface area contributed by atoms with E-state index in [0.29, 0.717) is 0 Å². The van der Waals surface area contributed by atoms with E-state index < -0.39 is 0 Å². The molecule has 0 rings (SSSR count). The molecule has 0 N–H and O–H groups in total. The zero-order valence-electron chi connectivity index (χ0n) is 2.03. The van der Waals surface area contributed by atoms with Crippen molar-refractivity contribution in [3.63, 3.8) is 0 Å². The monoisotopic (exact) mass is 315 g/mol. The van der Waals surface area contributed by atoms with Crippen LogP contribution in [0.4, 0.5) is 0 Å². The van der Waals surface area contributed by atoms with Gasteiger partial charge in [-0.3, -0.25) is 0 Å². The van der Waals surface area contributed by atoms with E-state index in [-0.39, 0.29) is 87.1 Å². The summed E-state index contributed by atoms with van der Waals surface area (Å²) in [5, 5.41) is 0. The molecule has 31 valence electrons. The molecule has 5 heavy (non-hydrogen) atoms. The average molecular weight is 315 g/mol. The smallest absolute Gasteiger partial charge is 2.00 e. The Labute approximate surface area is 86.0 Å². The van der Waals surface area contributed by atoms with Crippen LogP contribution in [0.25, 0.3) is 0 Å². The molecule has 0 nitrogen and oxygen atoms in total. The fourth-order valence-corrected chi connectivity index (χ4v) is 0. The van der Waals surface area contributed by atoms with Crippen molar-refractivity contribution in [2.45, 2.75) is 0 Å². The fourth-order valence-electron chi connectivity index (χ4n) is 0. The first-order valence-electron chi connectivity index (χ1n) is 0. The van der Waals surface area contributed by atoms with Crippen molar-refractivity contribution in [2.75, 3.05) is 0 Å². The molecule has 5 heteroatoms. The van der Waals surface area contributed by atoms with E-state index in [4.69, 9.17) is 0 Å². The second-order valence-corrected chi connectivity index (χ2v) is 0. The SMILES string of the molecule is [As-3].[As-3].[Mn+2].[Mn+2].[Mn+2]. The predicted octanol–water partition coefficient (Wildman–Crippen LogP) is -0.769. The van der Waals surface area contributed by atoms with Gasteiger partial charge in [-0.2, -0.15) is 0 Å². The molecule has 0 bridgehead atoms. The summed E-state index contributed by atoms with van der Waals surface area (Å²) < 4.78 is 0. The molecule has 0 aromatic heterocycles. The second kappa shape index (κ2) is 30.0. The first-order chi connectivity index (χ1) is 0. The molecule has 0 saturated carbocycles. The summed E-state index contributed by atoms with van der Waals surface area (Å²) in [6, 6.07) is 0. The maximum Gasteiger partial charge on any atom is 2.00 e. The second-order valence-electron chi connectivity index (χ2n) is 0. The molecule has 0 amide bonds. The van der Waals surface area contributed by atoms with Crippen molar-refractivity contribution in [2.24, 2.45) is 0 Å². The minimum Gasteiger partial charge on any atom is -3.00 e. The van der Waals surface area contributed by atoms with Gasteiger partial charge in [0.1, 0.15) is 0 Å². The van der Waals surface area contributed by atoms with Gasteiger partial charge in [0, 0.05) is 0 Å². The van der Waals surface area contributed by atoms with Gasteiger partial charge in [0.15, 0.2) is 0 Å². The zero-order valence-corrected chi connectivity index (χ0v) is 9.32. The summed E-state index contributed by atoms with van der Waals surface area (Å²) in [7, 11) is 0. The van der Waals surface area contributed by atoms with Gasteiger partial charge in [-0.25, -0.2) is 0 Å². The maximum atomic E-state index is 0. The number of hydrogen-bond donors (Lipinski definition) is 0. The molecule has 0 heterocycles. The minimum absolute atomic E-state index is 0. The van der Waals surface area contributed by atoms with Crippen molar-refractivity contribution in [3.05, 3.63) is 0 Å². The summed E-state index contributed by atoms with van der Waals surface area (Å²) in [6.07, 6.45) is 0. The predicted molar refractivity (Wildman–Crippen MR) is 11.5 cm³/mol. The summed E-state index contributed by atoms with van der Waals surface area (Å²) in [4.78, 5) is 0. The minimum atomic E-state index is 0. The molecule has 0 spiro atoms. The van der Waals surface area contributed by atoms with Crippen LogP contribution >= 0.6 is 0 Å². The van der Waals surface area contributed by atoms with Gasteiger partial charge in [-0.1, -0.05) is 0 Å². The third-order valence-electron chi connectivity index (χ3n) is 0. The van der Waals surface area contributed by atoms with Crippen molar-refractivity contribution in [1.82, 2.24) is 0 Å². The van der Waals surface area contributed by atoms with E-state index in [1.807, 2.05) is 0 Å². The third-order valence-corrected chi connectivity index (χ3v) is 0. The molecule has 0 aliphatic rings. The molecule has 0 aromatic rings. The van der Waals surface area contributed by atoms with Crippen molar-refractivity contribution in [1.29, 1.82) is 0 Å². The first-order valence-corrected chi connectivity index (χ1v) is 0. The standard InChI is InChI=1S/2As.3Mn/q2*-3;3*+2. The van der Waals surface area contributed by atoms with E-state index in [0.717, 1.165) is 0 Å². The number of hydrogen-bond acceptors (Lipinski definition) is 0. The Morgan fingerprint density at radius 3 is 0.400 bits per heavy atom. The van der Waals surface area contributed by atoms with Crippen LogP contribution in [0, 0.1) is 0 Å². The molecule has 0 aromatic carbocycles. The largest absolute Gasteiger partial charge is 3.00 e. The van der Waals surface area contributed by atoms with Gasteiger partial charge in [-0.05, 0) is 0 Å². The van der Waals surface area contributed by atoms with Crippen LogP contribution in [0.3, 0.4) is 0 Å². The Morgan fingerprint density at radius 2 is 0.400 bits per heavy atom. The van der Waals surface area contributed by atoms with Gasteiger partial charge in [-0.15, -0.1) is 0 Å². The Bertz CT molecular complexity index is 4.85. The Morgan fingerprint density at radius 1 is 0.400 bits per heavy atom. The zero-order chi connectivity index (χ0) is 0. The average Bonchev–Trinajstić information content (AvgIpc) is 0. The molecule has 0 saturated heterocycles. The molecular weight excluding hydrogens is 315 g/mol. The molecule has 0 fully saturated rings. The van der Waals surface area contributed by atoms with Crippen molar-refractivity contribution >= 4 is 35.9 Å². The molecule has 0 aliphatic carbocycles. The molecular formula is As2Mn3. The third kappa shape index (κ3) is 20.4. The summed E-state index contributed by atoms with van der Waals surface area (Å²) in [5.41, 5.74) is 0. The molecule has 0 atom stereocenters. The van der Waals surface area contributed by atoms with Gasteiger partial charge in [0.05, 0.1) is 0 Å². The van der Waals surface area contributed by atoms with Crippen LogP contribution < -0.4 is 0 Å². The normalized spacial score (nSPS) is 0. The molecule has 0 unspecified atom stereocenters. The summed E-state index contributed by atoms with van der Waals surface area (Å²) >= 11 is 0. The van der Waals surface area contributed by atoms with Crippen molar-refractivity contribution in [3.8, 4) is 0 Å². The van der Waals surface area contributed by atoms with E-state index in [1.165, 1.54) is 0 Å². The Balaban J connectivity index is 0. The van der Waals surface area contributed by atoms with Crippen LogP contribution in [0.1, 0.15) is 0 Å². The van der Waals surface area contributed by atoms with E-state index in [2.05, 4.69) is 0 Å². The van der Waals surface area contributed by atoms with Gasteiger partial charge < -0.3 is 35.9 Å². The van der Waals surface area contributed by atoms with Gasteiger partial charge >= 0.3 is 51.2 Å². The van der Waals surface area contributed by atoms with Crippen LogP contribution in [-0.4, -0.2) is 35.9 Å².